The van der Waals surface area contributed by atoms with E-state index in [1.54, 1.807) is 6.07 Å². The molecule has 0 saturated carbocycles. The van der Waals surface area contributed by atoms with Gasteiger partial charge in [0.25, 0.3) is 0 Å². The van der Waals surface area contributed by atoms with Crippen LogP contribution in [-0.2, 0) is 10.0 Å². The second-order valence-electron chi connectivity index (χ2n) is 5.52. The number of hydrogen-bond donors (Lipinski definition) is 3. The minimum Gasteiger partial charge on any atom is -0.357 e. The highest BCUT2D eigenvalue weighted by molar-refractivity contribution is 7.89. The van der Waals surface area contributed by atoms with Gasteiger partial charge in [-0.25, -0.2) is 13.1 Å². The lowest BCUT2D eigenvalue weighted by Crippen LogP contribution is -2.44. The first-order valence-corrected chi connectivity index (χ1v) is 9.29. The van der Waals surface area contributed by atoms with Crippen LogP contribution in [0.1, 0.15) is 27.7 Å². The molecule has 1 heterocycles. The lowest BCUT2D eigenvalue weighted by Gasteiger charge is -2.20. The summed E-state index contributed by atoms with van der Waals surface area (Å²) in [6.45, 7) is 9.65. The maximum atomic E-state index is 12.0. The van der Waals surface area contributed by atoms with Gasteiger partial charge >= 0.3 is 0 Å². The lowest BCUT2D eigenvalue weighted by atomic mass is 10.1. The third kappa shape index (κ3) is 6.96. The van der Waals surface area contributed by atoms with Gasteiger partial charge in [0.2, 0.25) is 10.0 Å². The van der Waals surface area contributed by atoms with Gasteiger partial charge in [0.15, 0.2) is 5.96 Å². The molecule has 0 radical (unpaired) electrons. The molecule has 0 spiro atoms. The van der Waals surface area contributed by atoms with Crippen LogP contribution in [-0.4, -0.2) is 45.0 Å². The van der Waals surface area contributed by atoms with E-state index >= 15 is 0 Å². The van der Waals surface area contributed by atoms with Gasteiger partial charge in [-0.05, 0) is 31.9 Å². The maximum absolute atomic E-state index is 12.0. The molecule has 0 saturated heterocycles. The van der Waals surface area contributed by atoms with Crippen LogP contribution in [0.4, 0.5) is 0 Å². The zero-order valence-electron chi connectivity index (χ0n) is 14.2. The summed E-state index contributed by atoms with van der Waals surface area (Å²) in [7, 11) is -3.53. The van der Waals surface area contributed by atoms with Gasteiger partial charge in [-0.2, -0.15) is 0 Å². The van der Waals surface area contributed by atoms with Crippen molar-refractivity contribution in [3.05, 3.63) is 24.5 Å². The predicted molar refractivity (Wildman–Crippen MR) is 92.8 cm³/mol. The Balaban J connectivity index is 2.55. The average Bonchev–Trinajstić information content (AvgIpc) is 2.52. The van der Waals surface area contributed by atoms with E-state index in [2.05, 4.69) is 46.1 Å². The van der Waals surface area contributed by atoms with E-state index in [9.17, 15) is 8.42 Å². The van der Waals surface area contributed by atoms with Crippen LogP contribution in [0.3, 0.4) is 0 Å². The van der Waals surface area contributed by atoms with Crippen molar-refractivity contribution in [3.63, 3.8) is 0 Å². The summed E-state index contributed by atoms with van der Waals surface area (Å²) in [5.41, 5.74) is 0. The Morgan fingerprint density at radius 1 is 1.35 bits per heavy atom. The third-order valence-corrected chi connectivity index (χ3v) is 4.77. The first-order valence-electron chi connectivity index (χ1n) is 7.81. The third-order valence-electron chi connectivity index (χ3n) is 3.33. The fourth-order valence-corrected chi connectivity index (χ4v) is 2.62. The molecule has 1 rings (SSSR count). The molecule has 130 valence electrons. The molecule has 1 unspecified atom stereocenters. The van der Waals surface area contributed by atoms with Crippen molar-refractivity contribution in [2.24, 2.45) is 10.9 Å². The smallest absolute Gasteiger partial charge is 0.242 e. The van der Waals surface area contributed by atoms with E-state index in [1.165, 1.54) is 18.5 Å². The van der Waals surface area contributed by atoms with E-state index in [1.807, 2.05) is 6.92 Å². The molecule has 0 aliphatic carbocycles. The van der Waals surface area contributed by atoms with Crippen LogP contribution in [0.5, 0.6) is 0 Å². The number of pyridine rings is 1. The van der Waals surface area contributed by atoms with E-state index in [0.717, 1.165) is 6.54 Å². The van der Waals surface area contributed by atoms with Crippen molar-refractivity contribution in [2.45, 2.75) is 38.6 Å². The normalized spacial score (nSPS) is 13.9. The van der Waals surface area contributed by atoms with Crippen LogP contribution in [0.2, 0.25) is 0 Å². The highest BCUT2D eigenvalue weighted by Crippen LogP contribution is 2.04. The van der Waals surface area contributed by atoms with Gasteiger partial charge in [0.05, 0.1) is 6.54 Å². The fraction of sp³-hybridized carbons (Fsp3) is 0.600. The molecule has 1 aromatic heterocycles. The number of sulfonamides is 1. The Morgan fingerprint density at radius 2 is 2.09 bits per heavy atom. The van der Waals surface area contributed by atoms with Crippen LogP contribution < -0.4 is 15.4 Å². The standard InChI is InChI=1S/C15H27N5O2S/c1-5-17-15(20-13(4)12(2)3)18-9-10-19-23(21,22)14-7-6-8-16-11-14/h6-8,11-13,19H,5,9-10H2,1-4H3,(H2,17,18,20). The molecule has 0 amide bonds. The number of hydrogen-bond acceptors (Lipinski definition) is 4. The van der Waals surface area contributed by atoms with Crippen LogP contribution in [0.25, 0.3) is 0 Å². The van der Waals surface area contributed by atoms with Crippen LogP contribution >= 0.6 is 0 Å². The van der Waals surface area contributed by atoms with E-state index in [4.69, 9.17) is 0 Å². The molecular weight excluding hydrogens is 314 g/mol. The monoisotopic (exact) mass is 341 g/mol. The molecule has 0 aromatic carbocycles. The van der Waals surface area contributed by atoms with Crippen LogP contribution in [0, 0.1) is 5.92 Å². The summed E-state index contributed by atoms with van der Waals surface area (Å²) in [4.78, 5) is 8.35. The first-order chi connectivity index (χ1) is 10.9. The van der Waals surface area contributed by atoms with Gasteiger partial charge in [-0.1, -0.05) is 13.8 Å². The molecule has 0 aliphatic rings. The van der Waals surface area contributed by atoms with Gasteiger partial charge in [-0.3, -0.25) is 9.98 Å². The summed E-state index contributed by atoms with van der Waals surface area (Å²) in [6, 6.07) is 3.38. The molecule has 0 aliphatic heterocycles. The summed E-state index contributed by atoms with van der Waals surface area (Å²) in [5, 5.41) is 6.45. The minimum atomic E-state index is -3.53. The highest BCUT2D eigenvalue weighted by Gasteiger charge is 2.13. The second kappa shape index (κ2) is 9.46. The first kappa shape index (κ1) is 19.4. The Kier molecular flexibility index (Phi) is 7.97. The Hall–Kier alpha value is -1.67. The predicted octanol–water partition coefficient (Wildman–Crippen LogP) is 0.960. The molecule has 3 N–H and O–H groups in total. The molecule has 1 atom stereocenters. The fourth-order valence-electron chi connectivity index (χ4n) is 1.64. The Morgan fingerprint density at radius 3 is 2.65 bits per heavy atom. The Labute approximate surface area is 139 Å². The second-order valence-corrected chi connectivity index (χ2v) is 7.29. The van der Waals surface area contributed by atoms with E-state index < -0.39 is 10.0 Å². The maximum Gasteiger partial charge on any atom is 0.242 e. The molecular formula is C15H27N5O2S. The molecule has 7 nitrogen and oxygen atoms in total. The van der Waals surface area contributed by atoms with Crippen LogP contribution in [0.15, 0.2) is 34.4 Å². The highest BCUT2D eigenvalue weighted by atomic mass is 32.2. The summed E-state index contributed by atoms with van der Waals surface area (Å²) in [5.74, 6) is 1.16. The van der Waals surface area contributed by atoms with Crippen molar-refractivity contribution in [1.82, 2.24) is 20.3 Å². The summed E-state index contributed by atoms with van der Waals surface area (Å²) >= 11 is 0. The molecule has 0 bridgehead atoms. The minimum absolute atomic E-state index is 0.155. The van der Waals surface area contributed by atoms with Gasteiger partial charge in [0.1, 0.15) is 4.90 Å². The largest absolute Gasteiger partial charge is 0.357 e. The summed E-state index contributed by atoms with van der Waals surface area (Å²) < 4.78 is 26.6. The topological polar surface area (TPSA) is 95.5 Å². The molecule has 0 fully saturated rings. The number of rotatable bonds is 8. The zero-order chi connectivity index (χ0) is 17.3. The number of aliphatic imine (C=N–C) groups is 1. The van der Waals surface area contributed by atoms with Crippen molar-refractivity contribution in [2.75, 3.05) is 19.6 Å². The molecule has 1 aromatic rings. The average molecular weight is 341 g/mol. The van der Waals surface area contributed by atoms with Gasteiger partial charge in [0, 0.05) is 31.5 Å². The summed E-state index contributed by atoms with van der Waals surface area (Å²) in [6.07, 6.45) is 2.86. The van der Waals surface area contributed by atoms with Crippen molar-refractivity contribution in [3.8, 4) is 0 Å². The SMILES string of the molecule is CCNC(=NCCNS(=O)(=O)c1cccnc1)NC(C)C(C)C. The quantitative estimate of drug-likeness (QED) is 0.372. The number of aromatic nitrogens is 1. The van der Waals surface area contributed by atoms with Crippen molar-refractivity contribution >= 4 is 16.0 Å². The molecule has 8 heteroatoms. The van der Waals surface area contributed by atoms with Gasteiger partial charge < -0.3 is 10.6 Å². The Bertz CT molecular complexity index is 587. The van der Waals surface area contributed by atoms with Crippen molar-refractivity contribution < 1.29 is 8.42 Å². The van der Waals surface area contributed by atoms with E-state index in [0.29, 0.717) is 18.4 Å². The van der Waals surface area contributed by atoms with Gasteiger partial charge in [-0.15, -0.1) is 0 Å². The lowest BCUT2D eigenvalue weighted by molar-refractivity contribution is 0.481. The number of guanidine groups is 1. The number of nitrogens with one attached hydrogen (secondary N) is 3. The number of nitrogens with zero attached hydrogens (tertiary/aromatic N) is 2. The molecule has 23 heavy (non-hydrogen) atoms. The zero-order valence-corrected chi connectivity index (χ0v) is 15.0. The van der Waals surface area contributed by atoms with Crippen molar-refractivity contribution in [1.29, 1.82) is 0 Å². The van der Waals surface area contributed by atoms with E-state index in [-0.39, 0.29) is 17.5 Å².